The molecule has 0 bridgehead atoms. The summed E-state index contributed by atoms with van der Waals surface area (Å²) in [6.07, 6.45) is -1.23. The SMILES string of the molecule is CN=C(NCCNc1nccc(C(F)(F)F)n1)NC(C)CCC(C)C. The van der Waals surface area contributed by atoms with E-state index in [1.165, 1.54) is 0 Å². The molecule has 0 aliphatic heterocycles. The first-order valence-corrected chi connectivity index (χ1v) is 8.33. The number of hydrogen-bond donors (Lipinski definition) is 3. The highest BCUT2D eigenvalue weighted by Crippen LogP contribution is 2.27. The summed E-state index contributed by atoms with van der Waals surface area (Å²) >= 11 is 0. The number of guanidine groups is 1. The quantitative estimate of drug-likeness (QED) is 0.378. The molecule has 0 radical (unpaired) electrons. The van der Waals surface area contributed by atoms with Gasteiger partial charge >= 0.3 is 6.18 Å². The summed E-state index contributed by atoms with van der Waals surface area (Å²) in [5.74, 6) is 1.25. The Morgan fingerprint density at radius 2 is 1.92 bits per heavy atom. The maximum absolute atomic E-state index is 12.6. The lowest BCUT2D eigenvalue weighted by atomic mass is 10.0. The first-order chi connectivity index (χ1) is 11.7. The van der Waals surface area contributed by atoms with Gasteiger partial charge in [-0.1, -0.05) is 13.8 Å². The molecule has 0 fully saturated rings. The molecule has 25 heavy (non-hydrogen) atoms. The van der Waals surface area contributed by atoms with Gasteiger partial charge < -0.3 is 16.0 Å². The Labute approximate surface area is 146 Å². The molecule has 0 saturated heterocycles. The van der Waals surface area contributed by atoms with Crippen molar-refractivity contribution in [2.24, 2.45) is 10.9 Å². The summed E-state index contributed by atoms with van der Waals surface area (Å²) in [6.45, 7) is 7.28. The van der Waals surface area contributed by atoms with Crippen molar-refractivity contribution in [3.63, 3.8) is 0 Å². The van der Waals surface area contributed by atoms with Crippen LogP contribution in [0.25, 0.3) is 0 Å². The topological polar surface area (TPSA) is 74.2 Å². The van der Waals surface area contributed by atoms with Crippen LogP contribution in [0, 0.1) is 5.92 Å². The van der Waals surface area contributed by atoms with Crippen molar-refractivity contribution >= 4 is 11.9 Å². The summed E-state index contributed by atoms with van der Waals surface area (Å²) in [7, 11) is 1.67. The zero-order valence-electron chi connectivity index (χ0n) is 15.1. The van der Waals surface area contributed by atoms with E-state index in [0.29, 0.717) is 25.0 Å². The van der Waals surface area contributed by atoms with Gasteiger partial charge in [0.15, 0.2) is 5.96 Å². The van der Waals surface area contributed by atoms with Crippen LogP contribution in [-0.2, 0) is 6.18 Å². The standard InChI is InChI=1S/C16H27F3N6/c1-11(2)5-6-12(3)24-14(20-4)22-9-10-23-15-21-8-7-13(25-15)16(17,18)19/h7-8,11-12H,5-6,9-10H2,1-4H3,(H2,20,22,24)(H,21,23,25). The summed E-state index contributed by atoms with van der Waals surface area (Å²) in [6, 6.07) is 1.13. The summed E-state index contributed by atoms with van der Waals surface area (Å²) in [4.78, 5) is 11.4. The molecule has 0 saturated carbocycles. The number of nitrogens with one attached hydrogen (secondary N) is 3. The molecular formula is C16H27F3N6. The lowest BCUT2D eigenvalue weighted by Crippen LogP contribution is -2.43. The van der Waals surface area contributed by atoms with Gasteiger partial charge in [0.1, 0.15) is 5.69 Å². The van der Waals surface area contributed by atoms with E-state index in [1.54, 1.807) is 7.05 Å². The number of halogens is 3. The average Bonchev–Trinajstić information content (AvgIpc) is 2.55. The smallest absolute Gasteiger partial charge is 0.355 e. The molecule has 0 aromatic carbocycles. The van der Waals surface area contributed by atoms with Crippen LogP contribution in [0.15, 0.2) is 17.3 Å². The Morgan fingerprint density at radius 3 is 2.52 bits per heavy atom. The first kappa shape index (κ1) is 21.0. The van der Waals surface area contributed by atoms with E-state index in [1.807, 2.05) is 0 Å². The fraction of sp³-hybridized carbons (Fsp3) is 0.688. The van der Waals surface area contributed by atoms with E-state index in [0.717, 1.165) is 25.1 Å². The van der Waals surface area contributed by atoms with Crippen molar-refractivity contribution in [2.45, 2.75) is 45.8 Å². The van der Waals surface area contributed by atoms with Crippen LogP contribution in [0.4, 0.5) is 19.1 Å². The molecule has 1 aromatic heterocycles. The van der Waals surface area contributed by atoms with Crippen LogP contribution < -0.4 is 16.0 Å². The third-order valence-electron chi connectivity index (χ3n) is 3.43. The summed E-state index contributed by atoms with van der Waals surface area (Å²) in [5.41, 5.74) is -0.964. The van der Waals surface area contributed by atoms with E-state index in [-0.39, 0.29) is 12.0 Å². The van der Waals surface area contributed by atoms with Crippen molar-refractivity contribution < 1.29 is 13.2 Å². The third kappa shape index (κ3) is 8.55. The molecule has 1 unspecified atom stereocenters. The predicted octanol–water partition coefficient (Wildman–Crippen LogP) is 2.90. The number of aliphatic imine (C=N–C) groups is 1. The van der Waals surface area contributed by atoms with Crippen molar-refractivity contribution in [3.8, 4) is 0 Å². The fourth-order valence-electron chi connectivity index (χ4n) is 2.04. The predicted molar refractivity (Wildman–Crippen MR) is 93.6 cm³/mol. The van der Waals surface area contributed by atoms with E-state index >= 15 is 0 Å². The lowest BCUT2D eigenvalue weighted by molar-refractivity contribution is -0.141. The maximum Gasteiger partial charge on any atom is 0.433 e. The summed E-state index contributed by atoms with van der Waals surface area (Å²) in [5, 5.41) is 9.14. The normalized spacial score (nSPS) is 13.7. The zero-order chi connectivity index (χ0) is 18.9. The number of hydrogen-bond acceptors (Lipinski definition) is 4. The minimum atomic E-state index is -4.48. The van der Waals surface area contributed by atoms with Gasteiger partial charge in [0.25, 0.3) is 0 Å². The second-order valence-corrected chi connectivity index (χ2v) is 6.21. The van der Waals surface area contributed by atoms with Gasteiger partial charge in [-0.05, 0) is 31.7 Å². The Bertz CT molecular complexity index is 545. The average molecular weight is 360 g/mol. The Morgan fingerprint density at radius 1 is 1.20 bits per heavy atom. The first-order valence-electron chi connectivity index (χ1n) is 8.33. The Balaban J connectivity index is 2.36. The number of nitrogens with zero attached hydrogens (tertiary/aromatic N) is 3. The van der Waals surface area contributed by atoms with Crippen LogP contribution in [0.2, 0.25) is 0 Å². The Kier molecular flexibility index (Phi) is 8.44. The molecule has 1 rings (SSSR count). The molecule has 3 N–H and O–H groups in total. The number of aromatic nitrogens is 2. The van der Waals surface area contributed by atoms with Gasteiger partial charge in [0, 0.05) is 32.4 Å². The molecule has 9 heteroatoms. The van der Waals surface area contributed by atoms with Gasteiger partial charge in [0.2, 0.25) is 5.95 Å². The van der Waals surface area contributed by atoms with Crippen molar-refractivity contribution in [1.29, 1.82) is 0 Å². The van der Waals surface area contributed by atoms with Gasteiger partial charge in [-0.25, -0.2) is 9.97 Å². The maximum atomic E-state index is 12.6. The van der Waals surface area contributed by atoms with Gasteiger partial charge in [-0.3, -0.25) is 4.99 Å². The number of alkyl halides is 3. The van der Waals surface area contributed by atoms with Gasteiger partial charge in [0.05, 0.1) is 0 Å². The molecule has 1 atom stereocenters. The molecule has 6 nitrogen and oxygen atoms in total. The molecule has 0 spiro atoms. The second kappa shape index (κ2) is 10.0. The van der Waals surface area contributed by atoms with Crippen molar-refractivity contribution in [2.75, 3.05) is 25.5 Å². The zero-order valence-corrected chi connectivity index (χ0v) is 15.1. The molecular weight excluding hydrogens is 333 g/mol. The van der Waals surface area contributed by atoms with E-state index in [9.17, 15) is 13.2 Å². The molecule has 1 heterocycles. The highest BCUT2D eigenvalue weighted by molar-refractivity contribution is 5.79. The van der Waals surface area contributed by atoms with Crippen molar-refractivity contribution in [1.82, 2.24) is 20.6 Å². The van der Waals surface area contributed by atoms with Crippen LogP contribution >= 0.6 is 0 Å². The van der Waals surface area contributed by atoms with E-state index in [2.05, 4.69) is 51.7 Å². The van der Waals surface area contributed by atoms with Gasteiger partial charge in [-0.15, -0.1) is 0 Å². The third-order valence-corrected chi connectivity index (χ3v) is 3.43. The molecule has 0 amide bonds. The molecule has 142 valence electrons. The van der Waals surface area contributed by atoms with Crippen molar-refractivity contribution in [3.05, 3.63) is 18.0 Å². The van der Waals surface area contributed by atoms with Crippen LogP contribution in [-0.4, -0.2) is 42.1 Å². The van der Waals surface area contributed by atoms with E-state index < -0.39 is 11.9 Å². The second-order valence-electron chi connectivity index (χ2n) is 6.21. The number of rotatable bonds is 8. The largest absolute Gasteiger partial charge is 0.433 e. The number of anilines is 1. The van der Waals surface area contributed by atoms with Crippen LogP contribution in [0.1, 0.15) is 39.3 Å². The highest BCUT2D eigenvalue weighted by Gasteiger charge is 2.32. The summed E-state index contributed by atoms with van der Waals surface area (Å²) < 4.78 is 37.8. The highest BCUT2D eigenvalue weighted by atomic mass is 19.4. The lowest BCUT2D eigenvalue weighted by Gasteiger charge is -2.18. The minimum Gasteiger partial charge on any atom is -0.355 e. The fourth-order valence-corrected chi connectivity index (χ4v) is 2.04. The van der Waals surface area contributed by atoms with Gasteiger partial charge in [-0.2, -0.15) is 13.2 Å². The minimum absolute atomic E-state index is 0.0510. The molecule has 0 aliphatic rings. The monoisotopic (exact) mass is 360 g/mol. The van der Waals surface area contributed by atoms with E-state index in [4.69, 9.17) is 0 Å². The Hall–Kier alpha value is -2.06. The van der Waals surface area contributed by atoms with Crippen LogP contribution in [0.5, 0.6) is 0 Å². The molecule has 1 aromatic rings. The van der Waals surface area contributed by atoms with Crippen LogP contribution in [0.3, 0.4) is 0 Å². The molecule has 0 aliphatic carbocycles.